The molecule has 1 aromatic rings. The molecule has 3 nitrogen and oxygen atoms in total. The molecule has 0 saturated heterocycles. The van der Waals surface area contributed by atoms with Gasteiger partial charge in [0.2, 0.25) is 0 Å². The average Bonchev–Trinajstić information content (AvgIpc) is 2.99. The van der Waals surface area contributed by atoms with Gasteiger partial charge in [0.1, 0.15) is 5.75 Å². The summed E-state index contributed by atoms with van der Waals surface area (Å²) in [5, 5.41) is 3.20. The van der Waals surface area contributed by atoms with Crippen molar-refractivity contribution in [2.45, 2.75) is 58.6 Å². The molecule has 1 N–H and O–H groups in total. The van der Waals surface area contributed by atoms with E-state index in [-0.39, 0.29) is 5.91 Å². The monoisotopic (exact) mass is 287 g/mol. The summed E-state index contributed by atoms with van der Waals surface area (Å²) in [6, 6.07) is 6.44. The molecule has 3 heteroatoms. The number of rotatable bonds is 4. The molecule has 0 radical (unpaired) electrons. The van der Waals surface area contributed by atoms with Crippen LogP contribution in [0.2, 0.25) is 0 Å². The topological polar surface area (TPSA) is 38.3 Å². The van der Waals surface area contributed by atoms with Gasteiger partial charge in [-0.2, -0.15) is 0 Å². The minimum Gasteiger partial charge on any atom is -0.481 e. The molecule has 0 heterocycles. The van der Waals surface area contributed by atoms with Crippen molar-refractivity contribution < 1.29 is 9.53 Å². The van der Waals surface area contributed by atoms with Crippen LogP contribution in [0.25, 0.3) is 0 Å². The van der Waals surface area contributed by atoms with Gasteiger partial charge in [-0.15, -0.1) is 0 Å². The third-order valence-corrected chi connectivity index (χ3v) is 4.94. The molecule has 1 aromatic carbocycles. The molecule has 2 aliphatic rings. The highest BCUT2D eigenvalue weighted by molar-refractivity contribution is 5.81. The lowest BCUT2D eigenvalue weighted by Crippen LogP contribution is -2.44. The average molecular weight is 287 g/mol. The molecular formula is C18H25NO2. The third-order valence-electron chi connectivity index (χ3n) is 4.94. The van der Waals surface area contributed by atoms with Gasteiger partial charge in [-0.3, -0.25) is 4.79 Å². The van der Waals surface area contributed by atoms with Crippen molar-refractivity contribution in [3.05, 3.63) is 29.3 Å². The normalized spacial score (nSPS) is 28.4. The van der Waals surface area contributed by atoms with E-state index in [1.807, 2.05) is 32.9 Å². The summed E-state index contributed by atoms with van der Waals surface area (Å²) in [5.74, 6) is 2.35. The van der Waals surface area contributed by atoms with Gasteiger partial charge >= 0.3 is 0 Å². The number of fused-ring (bicyclic) bond motifs is 2. The van der Waals surface area contributed by atoms with Gasteiger partial charge in [-0.05, 0) is 75.1 Å². The zero-order valence-electron chi connectivity index (χ0n) is 13.2. The predicted octanol–water partition coefficient (Wildman–Crippen LogP) is 3.38. The minimum atomic E-state index is -0.440. The van der Waals surface area contributed by atoms with Crippen LogP contribution >= 0.6 is 0 Å². The van der Waals surface area contributed by atoms with Crippen LogP contribution in [0.5, 0.6) is 5.75 Å². The van der Waals surface area contributed by atoms with Gasteiger partial charge in [-0.1, -0.05) is 12.5 Å². The number of ether oxygens (including phenoxy) is 1. The summed E-state index contributed by atoms with van der Waals surface area (Å²) in [5.41, 5.74) is 2.32. The molecular weight excluding hydrogens is 262 g/mol. The first-order chi connectivity index (χ1) is 10.0. The molecule has 4 atom stereocenters. The molecule has 0 spiro atoms. The van der Waals surface area contributed by atoms with E-state index in [1.165, 1.54) is 19.3 Å². The number of nitrogens with one attached hydrogen (secondary N) is 1. The van der Waals surface area contributed by atoms with Crippen LogP contribution in [0.1, 0.15) is 43.7 Å². The molecule has 2 aliphatic carbocycles. The lowest BCUT2D eigenvalue weighted by Gasteiger charge is -2.25. The first-order valence-corrected chi connectivity index (χ1v) is 8.06. The van der Waals surface area contributed by atoms with E-state index in [9.17, 15) is 4.79 Å². The van der Waals surface area contributed by atoms with Crippen LogP contribution in [0.4, 0.5) is 0 Å². The number of carbonyl (C=O) groups is 1. The number of aryl methyl sites for hydroxylation is 2. The van der Waals surface area contributed by atoms with Gasteiger partial charge in [0, 0.05) is 6.04 Å². The highest BCUT2D eigenvalue weighted by Gasteiger charge is 2.40. The summed E-state index contributed by atoms with van der Waals surface area (Å²) >= 11 is 0. The van der Waals surface area contributed by atoms with E-state index in [0.717, 1.165) is 29.2 Å². The highest BCUT2D eigenvalue weighted by Crippen LogP contribution is 2.44. The van der Waals surface area contributed by atoms with Crippen molar-refractivity contribution in [3.63, 3.8) is 0 Å². The molecule has 2 fully saturated rings. The second-order valence-electron chi connectivity index (χ2n) is 6.87. The van der Waals surface area contributed by atoms with E-state index >= 15 is 0 Å². The lowest BCUT2D eigenvalue weighted by molar-refractivity contribution is -0.128. The van der Waals surface area contributed by atoms with E-state index in [2.05, 4.69) is 11.4 Å². The third kappa shape index (κ3) is 3.22. The Bertz CT molecular complexity index is 520. The Hall–Kier alpha value is -1.51. The van der Waals surface area contributed by atoms with Gasteiger partial charge in [-0.25, -0.2) is 0 Å². The Morgan fingerprint density at radius 1 is 1.19 bits per heavy atom. The van der Waals surface area contributed by atoms with Crippen LogP contribution in [0, 0.1) is 25.7 Å². The molecule has 114 valence electrons. The van der Waals surface area contributed by atoms with Crippen LogP contribution in [-0.4, -0.2) is 18.1 Å². The standard InChI is InChI=1S/C18H25NO2/c1-11-6-12(2)8-16(7-11)21-13(3)18(20)19-17-10-14-4-5-15(17)9-14/h6-8,13-15,17H,4-5,9-10H2,1-3H3,(H,19,20)/t13-,14+,15+,17-/m1/s1. The highest BCUT2D eigenvalue weighted by atomic mass is 16.5. The van der Waals surface area contributed by atoms with Gasteiger partial charge in [0.15, 0.2) is 6.10 Å². The molecule has 0 aromatic heterocycles. The molecule has 2 saturated carbocycles. The van der Waals surface area contributed by atoms with E-state index < -0.39 is 6.10 Å². The van der Waals surface area contributed by atoms with E-state index in [0.29, 0.717) is 12.0 Å². The fourth-order valence-corrected chi connectivity index (χ4v) is 3.98. The van der Waals surface area contributed by atoms with Crippen LogP contribution in [0.15, 0.2) is 18.2 Å². The number of hydrogen-bond donors (Lipinski definition) is 1. The second kappa shape index (κ2) is 5.70. The van der Waals surface area contributed by atoms with Gasteiger partial charge in [0.25, 0.3) is 5.91 Å². The predicted molar refractivity (Wildman–Crippen MR) is 83.4 cm³/mol. The Morgan fingerprint density at radius 2 is 1.90 bits per heavy atom. The zero-order chi connectivity index (χ0) is 15.0. The maximum atomic E-state index is 12.3. The maximum absolute atomic E-state index is 12.3. The minimum absolute atomic E-state index is 0.0201. The van der Waals surface area contributed by atoms with Gasteiger partial charge < -0.3 is 10.1 Å². The summed E-state index contributed by atoms with van der Waals surface area (Å²) in [4.78, 5) is 12.3. The summed E-state index contributed by atoms with van der Waals surface area (Å²) in [6.45, 7) is 5.92. The summed E-state index contributed by atoms with van der Waals surface area (Å²) in [7, 11) is 0. The van der Waals surface area contributed by atoms with Gasteiger partial charge in [0.05, 0.1) is 0 Å². The number of benzene rings is 1. The second-order valence-corrected chi connectivity index (χ2v) is 6.87. The molecule has 1 amide bonds. The number of carbonyl (C=O) groups excluding carboxylic acids is 1. The summed E-state index contributed by atoms with van der Waals surface area (Å²) < 4.78 is 5.82. The molecule has 2 bridgehead atoms. The maximum Gasteiger partial charge on any atom is 0.261 e. The Kier molecular flexibility index (Phi) is 3.92. The van der Waals surface area contributed by atoms with Crippen molar-refractivity contribution in [1.29, 1.82) is 0 Å². The molecule has 21 heavy (non-hydrogen) atoms. The van der Waals surface area contributed by atoms with Crippen LogP contribution in [0.3, 0.4) is 0 Å². The largest absolute Gasteiger partial charge is 0.481 e. The summed E-state index contributed by atoms with van der Waals surface area (Å²) in [6.07, 6.45) is 4.66. The first-order valence-electron chi connectivity index (χ1n) is 8.06. The van der Waals surface area contributed by atoms with Crippen molar-refractivity contribution in [2.75, 3.05) is 0 Å². The Morgan fingerprint density at radius 3 is 2.48 bits per heavy atom. The van der Waals surface area contributed by atoms with Crippen LogP contribution in [-0.2, 0) is 4.79 Å². The first kappa shape index (κ1) is 14.4. The number of amides is 1. The van der Waals surface area contributed by atoms with Crippen LogP contribution < -0.4 is 10.1 Å². The quantitative estimate of drug-likeness (QED) is 0.922. The van der Waals surface area contributed by atoms with Crippen molar-refractivity contribution >= 4 is 5.91 Å². The van der Waals surface area contributed by atoms with Crippen molar-refractivity contribution in [2.24, 2.45) is 11.8 Å². The fraction of sp³-hybridized carbons (Fsp3) is 0.611. The zero-order valence-corrected chi connectivity index (χ0v) is 13.2. The van der Waals surface area contributed by atoms with Crippen molar-refractivity contribution in [1.82, 2.24) is 5.32 Å². The lowest BCUT2D eigenvalue weighted by atomic mass is 9.95. The molecule has 3 rings (SSSR count). The number of hydrogen-bond acceptors (Lipinski definition) is 2. The smallest absolute Gasteiger partial charge is 0.261 e. The fourth-order valence-electron chi connectivity index (χ4n) is 3.98. The SMILES string of the molecule is Cc1cc(C)cc(O[C@H](C)C(=O)N[C@@H]2C[C@H]3CC[C@H]2C3)c1. The van der Waals surface area contributed by atoms with E-state index in [4.69, 9.17) is 4.74 Å². The Labute approximate surface area is 127 Å². The van der Waals surface area contributed by atoms with Crippen molar-refractivity contribution in [3.8, 4) is 5.75 Å². The molecule has 0 aliphatic heterocycles. The molecule has 0 unspecified atom stereocenters. The Balaban J connectivity index is 1.57. The van der Waals surface area contributed by atoms with E-state index in [1.54, 1.807) is 0 Å².